The van der Waals surface area contributed by atoms with Crippen molar-refractivity contribution in [1.29, 1.82) is 0 Å². The van der Waals surface area contributed by atoms with Crippen LogP contribution in [0.15, 0.2) is 42.5 Å². The molecule has 0 aliphatic carbocycles. The second-order valence-electron chi connectivity index (χ2n) is 5.78. The molecule has 2 aromatic rings. The lowest BCUT2D eigenvalue weighted by atomic mass is 10.1. The molecule has 0 spiro atoms. The zero-order valence-corrected chi connectivity index (χ0v) is 18.1. The van der Waals surface area contributed by atoms with E-state index in [1.165, 1.54) is 0 Å². The van der Waals surface area contributed by atoms with Crippen molar-refractivity contribution in [2.45, 2.75) is 13.8 Å². The molecule has 6 nitrogen and oxygen atoms in total. The Morgan fingerprint density at radius 1 is 1.07 bits per heavy atom. The minimum absolute atomic E-state index is 0. The molecule has 0 atom stereocenters. The van der Waals surface area contributed by atoms with Gasteiger partial charge >= 0.3 is 0 Å². The molecule has 3 N–H and O–H groups in total. The monoisotopic (exact) mass is 429 g/mol. The van der Waals surface area contributed by atoms with Crippen molar-refractivity contribution >= 4 is 42.1 Å². The van der Waals surface area contributed by atoms with Crippen LogP contribution in [0.25, 0.3) is 0 Å². The first-order valence-corrected chi connectivity index (χ1v) is 8.78. The third-order valence-electron chi connectivity index (χ3n) is 4.19. The van der Waals surface area contributed by atoms with E-state index in [1.807, 2.05) is 0 Å². The number of nitrogens with zero attached hydrogens (tertiary/aromatic N) is 1. The maximum Gasteiger partial charge on any atom is 0.257 e. The van der Waals surface area contributed by atoms with Crippen molar-refractivity contribution in [3.05, 3.63) is 48.0 Å². The zero-order valence-electron chi connectivity index (χ0n) is 16.4. The van der Waals surface area contributed by atoms with E-state index >= 15 is 0 Å². The predicted molar refractivity (Wildman–Crippen MR) is 120 cm³/mol. The Bertz CT molecular complexity index is 740. The van der Waals surface area contributed by atoms with Gasteiger partial charge in [-0.25, -0.2) is 0 Å². The molecule has 0 radical (unpaired) electrons. The number of amides is 1. The fourth-order valence-corrected chi connectivity index (χ4v) is 2.59. The highest BCUT2D eigenvalue weighted by Gasteiger charge is 2.12. The van der Waals surface area contributed by atoms with Crippen LogP contribution >= 0.6 is 24.8 Å². The van der Waals surface area contributed by atoms with E-state index < -0.39 is 0 Å². The highest BCUT2D eigenvalue weighted by molar-refractivity contribution is 6.07. The van der Waals surface area contributed by atoms with Crippen molar-refractivity contribution in [2.24, 2.45) is 0 Å². The molecule has 0 aliphatic heterocycles. The molecular formula is C20H29Cl2N3O3. The molecule has 1 amide bonds. The summed E-state index contributed by atoms with van der Waals surface area (Å²) in [5, 5.41) is 2.85. The number of halogens is 2. The number of likely N-dealkylation sites (N-methyl/N-ethyl adjacent to an activating group) is 1. The average molecular weight is 430 g/mol. The largest absolute Gasteiger partial charge is 0.493 e. The summed E-state index contributed by atoms with van der Waals surface area (Å²) < 4.78 is 11.2. The SMILES string of the molecule is CCN(CC)CCOc1cc(NC(=O)c2ccccc2N)ccc1OC.Cl.Cl. The number of hydrogen-bond donors (Lipinski definition) is 2. The van der Waals surface area contributed by atoms with E-state index in [2.05, 4.69) is 24.1 Å². The molecule has 28 heavy (non-hydrogen) atoms. The number of nitrogens with one attached hydrogen (secondary N) is 1. The van der Waals surface area contributed by atoms with Crippen LogP contribution in [0.5, 0.6) is 11.5 Å². The second-order valence-corrected chi connectivity index (χ2v) is 5.78. The number of para-hydroxylation sites is 1. The number of rotatable bonds is 9. The van der Waals surface area contributed by atoms with Crippen LogP contribution in [-0.4, -0.2) is 44.2 Å². The lowest BCUT2D eigenvalue weighted by Gasteiger charge is -2.19. The van der Waals surface area contributed by atoms with Gasteiger partial charge in [0.05, 0.1) is 12.7 Å². The lowest BCUT2D eigenvalue weighted by molar-refractivity contribution is 0.102. The Balaban J connectivity index is 0.00000364. The van der Waals surface area contributed by atoms with Gasteiger partial charge in [0, 0.05) is 24.0 Å². The van der Waals surface area contributed by atoms with Crippen molar-refractivity contribution in [1.82, 2.24) is 4.90 Å². The van der Waals surface area contributed by atoms with E-state index in [9.17, 15) is 4.79 Å². The molecule has 2 rings (SSSR count). The van der Waals surface area contributed by atoms with Gasteiger partial charge < -0.3 is 25.4 Å². The number of ether oxygens (including phenoxy) is 2. The van der Waals surface area contributed by atoms with E-state index in [0.29, 0.717) is 35.0 Å². The molecule has 0 fully saturated rings. The van der Waals surface area contributed by atoms with Crippen molar-refractivity contribution in [3.8, 4) is 11.5 Å². The van der Waals surface area contributed by atoms with Gasteiger partial charge in [-0.15, -0.1) is 24.8 Å². The summed E-state index contributed by atoms with van der Waals surface area (Å²) >= 11 is 0. The lowest BCUT2D eigenvalue weighted by Crippen LogP contribution is -2.28. The molecule has 0 aliphatic rings. The summed E-state index contributed by atoms with van der Waals surface area (Å²) in [6, 6.07) is 12.3. The summed E-state index contributed by atoms with van der Waals surface area (Å²) in [5.74, 6) is 0.961. The number of hydrogen-bond acceptors (Lipinski definition) is 5. The Morgan fingerprint density at radius 3 is 2.36 bits per heavy atom. The third-order valence-corrected chi connectivity index (χ3v) is 4.19. The fraction of sp³-hybridized carbons (Fsp3) is 0.350. The maximum atomic E-state index is 12.4. The van der Waals surface area contributed by atoms with Gasteiger partial charge in [0.1, 0.15) is 6.61 Å². The van der Waals surface area contributed by atoms with Gasteiger partial charge in [-0.3, -0.25) is 4.79 Å². The molecule has 156 valence electrons. The van der Waals surface area contributed by atoms with Crippen LogP contribution < -0.4 is 20.5 Å². The number of nitrogen functional groups attached to an aromatic ring is 1. The highest BCUT2D eigenvalue weighted by atomic mass is 35.5. The topological polar surface area (TPSA) is 76.8 Å². The number of carbonyl (C=O) groups excluding carboxylic acids is 1. The summed E-state index contributed by atoms with van der Waals surface area (Å²) in [7, 11) is 1.59. The van der Waals surface area contributed by atoms with Crippen LogP contribution in [0.2, 0.25) is 0 Å². The first-order valence-electron chi connectivity index (χ1n) is 8.78. The fourth-order valence-electron chi connectivity index (χ4n) is 2.59. The smallest absolute Gasteiger partial charge is 0.257 e. The molecule has 0 saturated heterocycles. The zero-order chi connectivity index (χ0) is 18.9. The minimum Gasteiger partial charge on any atom is -0.493 e. The molecule has 0 saturated carbocycles. The first-order chi connectivity index (χ1) is 12.6. The predicted octanol–water partition coefficient (Wildman–Crippen LogP) is 4.09. The standard InChI is InChI=1S/C20H27N3O3.2ClH/c1-4-23(5-2)12-13-26-19-14-15(10-11-18(19)25-3)22-20(24)16-8-6-7-9-17(16)21;;/h6-11,14H,4-5,12-13,21H2,1-3H3,(H,22,24);2*1H. The molecule has 0 heterocycles. The summed E-state index contributed by atoms with van der Waals surface area (Å²) in [5.41, 5.74) is 7.36. The van der Waals surface area contributed by atoms with Crippen LogP contribution in [0.4, 0.5) is 11.4 Å². The van der Waals surface area contributed by atoms with Gasteiger partial charge in [-0.2, -0.15) is 0 Å². The molecule has 2 aromatic carbocycles. The minimum atomic E-state index is -0.262. The van der Waals surface area contributed by atoms with Crippen molar-refractivity contribution in [2.75, 3.05) is 44.4 Å². The molecule has 8 heteroatoms. The van der Waals surface area contributed by atoms with Crippen molar-refractivity contribution < 1.29 is 14.3 Å². The van der Waals surface area contributed by atoms with Gasteiger partial charge in [0.2, 0.25) is 0 Å². The Labute approximate surface area is 179 Å². The van der Waals surface area contributed by atoms with Gasteiger partial charge in [-0.05, 0) is 37.4 Å². The summed E-state index contributed by atoms with van der Waals surface area (Å²) in [4.78, 5) is 14.7. The van der Waals surface area contributed by atoms with E-state index in [1.54, 1.807) is 49.6 Å². The van der Waals surface area contributed by atoms with Gasteiger partial charge in [0.15, 0.2) is 11.5 Å². The van der Waals surface area contributed by atoms with Crippen LogP contribution in [-0.2, 0) is 0 Å². The van der Waals surface area contributed by atoms with E-state index in [0.717, 1.165) is 19.6 Å². The highest BCUT2D eigenvalue weighted by Crippen LogP contribution is 2.30. The van der Waals surface area contributed by atoms with Crippen LogP contribution in [0.3, 0.4) is 0 Å². The number of carbonyl (C=O) groups is 1. The molecule has 0 aromatic heterocycles. The first kappa shape index (κ1) is 25.9. The number of benzene rings is 2. The summed E-state index contributed by atoms with van der Waals surface area (Å²) in [6.45, 7) is 7.57. The number of nitrogens with two attached hydrogens (primary N) is 1. The molecule has 0 bridgehead atoms. The van der Waals surface area contributed by atoms with E-state index in [-0.39, 0.29) is 30.7 Å². The Hall–Kier alpha value is -2.15. The molecule has 0 unspecified atom stereocenters. The van der Waals surface area contributed by atoms with Gasteiger partial charge in [-0.1, -0.05) is 26.0 Å². The van der Waals surface area contributed by atoms with Gasteiger partial charge in [0.25, 0.3) is 5.91 Å². The second kappa shape index (κ2) is 13.1. The average Bonchev–Trinajstić information content (AvgIpc) is 2.65. The normalized spacial score (nSPS) is 9.86. The van der Waals surface area contributed by atoms with Crippen molar-refractivity contribution in [3.63, 3.8) is 0 Å². The quantitative estimate of drug-likeness (QED) is 0.586. The maximum absolute atomic E-state index is 12.4. The Morgan fingerprint density at radius 2 is 1.75 bits per heavy atom. The Kier molecular flexibility index (Phi) is 12.1. The number of anilines is 2. The molecular weight excluding hydrogens is 401 g/mol. The number of methoxy groups -OCH3 is 1. The summed E-state index contributed by atoms with van der Waals surface area (Å²) in [6.07, 6.45) is 0. The van der Waals surface area contributed by atoms with E-state index in [4.69, 9.17) is 15.2 Å². The third kappa shape index (κ3) is 7.11. The van der Waals surface area contributed by atoms with Crippen LogP contribution in [0, 0.1) is 0 Å². The van der Waals surface area contributed by atoms with Crippen LogP contribution in [0.1, 0.15) is 24.2 Å².